The third-order valence-corrected chi connectivity index (χ3v) is 3.42. The van der Waals surface area contributed by atoms with E-state index in [1.165, 1.54) is 11.3 Å². The Hall–Kier alpha value is -1.95. The molecule has 0 saturated heterocycles. The van der Waals surface area contributed by atoms with Gasteiger partial charge in [-0.15, -0.1) is 11.3 Å². The molecule has 2 aromatic heterocycles. The molecule has 0 aliphatic carbocycles. The molecule has 94 valence electrons. The van der Waals surface area contributed by atoms with Crippen LogP contribution >= 0.6 is 11.3 Å². The number of hydrogen-bond donors (Lipinski definition) is 2. The highest BCUT2D eigenvalue weighted by atomic mass is 32.1. The number of rotatable bonds is 4. The van der Waals surface area contributed by atoms with E-state index in [1.54, 1.807) is 11.6 Å². The van der Waals surface area contributed by atoms with E-state index in [2.05, 4.69) is 15.3 Å². The van der Waals surface area contributed by atoms with Crippen LogP contribution in [-0.2, 0) is 0 Å². The Morgan fingerprint density at radius 3 is 2.94 bits per heavy atom. The Bertz CT molecular complexity index is 568. The molecular weight excluding hydrogens is 250 g/mol. The zero-order valence-electron chi connectivity index (χ0n) is 10.0. The molecule has 0 aliphatic heterocycles. The molecule has 0 amide bonds. The Labute approximate surface area is 109 Å². The van der Waals surface area contributed by atoms with E-state index >= 15 is 0 Å². The highest BCUT2D eigenvalue weighted by Gasteiger charge is 2.13. The lowest BCUT2D eigenvalue weighted by molar-refractivity contribution is 0.0691. The molecule has 1 atom stereocenters. The van der Waals surface area contributed by atoms with Gasteiger partial charge in [0.1, 0.15) is 5.01 Å². The van der Waals surface area contributed by atoms with Crippen molar-refractivity contribution >= 4 is 23.0 Å². The van der Waals surface area contributed by atoms with Crippen LogP contribution in [0.3, 0.4) is 0 Å². The molecule has 0 saturated carbocycles. The van der Waals surface area contributed by atoms with E-state index in [0.717, 1.165) is 16.4 Å². The monoisotopic (exact) mass is 263 g/mol. The van der Waals surface area contributed by atoms with Crippen LogP contribution < -0.4 is 5.32 Å². The molecule has 0 aromatic carbocycles. The second-order valence-electron chi connectivity index (χ2n) is 3.93. The normalized spacial score (nSPS) is 12.1. The molecule has 0 spiro atoms. The number of aromatic carboxylic acids is 1. The predicted molar refractivity (Wildman–Crippen MR) is 70.1 cm³/mol. The maximum absolute atomic E-state index is 10.8. The topological polar surface area (TPSA) is 75.1 Å². The number of hydrogen-bond acceptors (Lipinski definition) is 5. The second-order valence-corrected chi connectivity index (χ2v) is 4.82. The Balaban J connectivity index is 2.11. The van der Waals surface area contributed by atoms with Gasteiger partial charge in [-0.1, -0.05) is 0 Å². The lowest BCUT2D eigenvalue weighted by Gasteiger charge is -2.12. The van der Waals surface area contributed by atoms with Gasteiger partial charge in [-0.05, 0) is 26.0 Å². The summed E-state index contributed by atoms with van der Waals surface area (Å²) in [5, 5.41) is 14.4. The third-order valence-electron chi connectivity index (χ3n) is 2.39. The van der Waals surface area contributed by atoms with Gasteiger partial charge < -0.3 is 10.4 Å². The molecule has 6 heteroatoms. The van der Waals surface area contributed by atoms with Gasteiger partial charge in [0.25, 0.3) is 0 Å². The van der Waals surface area contributed by atoms with E-state index in [9.17, 15) is 4.79 Å². The van der Waals surface area contributed by atoms with Crippen molar-refractivity contribution in [2.45, 2.75) is 19.9 Å². The number of aromatic nitrogens is 2. The Morgan fingerprint density at radius 1 is 1.56 bits per heavy atom. The van der Waals surface area contributed by atoms with E-state index in [4.69, 9.17) is 5.11 Å². The Morgan fingerprint density at radius 2 is 2.33 bits per heavy atom. The first-order valence-electron chi connectivity index (χ1n) is 5.44. The molecule has 2 N–H and O–H groups in total. The van der Waals surface area contributed by atoms with Crippen LogP contribution in [0.4, 0.5) is 5.69 Å². The molecule has 2 heterocycles. The summed E-state index contributed by atoms with van der Waals surface area (Å²) >= 11 is 1.34. The number of aryl methyl sites for hydroxylation is 1. The molecule has 1 unspecified atom stereocenters. The minimum absolute atomic E-state index is 0.0371. The average molecular weight is 263 g/mol. The highest BCUT2D eigenvalue weighted by Crippen LogP contribution is 2.22. The van der Waals surface area contributed by atoms with Gasteiger partial charge in [0.15, 0.2) is 5.69 Å². The van der Waals surface area contributed by atoms with Gasteiger partial charge in [0.2, 0.25) is 0 Å². The molecular formula is C12H13N3O2S. The van der Waals surface area contributed by atoms with Gasteiger partial charge in [0.05, 0.1) is 6.04 Å². The largest absolute Gasteiger partial charge is 0.476 e. The third kappa shape index (κ3) is 2.84. The fourth-order valence-electron chi connectivity index (χ4n) is 1.53. The van der Waals surface area contributed by atoms with Crippen LogP contribution in [-0.4, -0.2) is 21.0 Å². The molecule has 2 rings (SSSR count). The Kier molecular flexibility index (Phi) is 3.57. The SMILES string of the molecule is Cc1cc(NC(C)c2nc(C(=O)O)cs2)ccn1. The molecule has 5 nitrogen and oxygen atoms in total. The van der Waals surface area contributed by atoms with Crippen molar-refractivity contribution in [2.24, 2.45) is 0 Å². The number of pyridine rings is 1. The van der Waals surface area contributed by atoms with E-state index in [1.807, 2.05) is 26.0 Å². The van der Waals surface area contributed by atoms with Crippen molar-refractivity contribution in [3.05, 3.63) is 40.1 Å². The van der Waals surface area contributed by atoms with Crippen LogP contribution in [0.2, 0.25) is 0 Å². The average Bonchev–Trinajstić information content (AvgIpc) is 2.78. The maximum Gasteiger partial charge on any atom is 0.355 e. The fraction of sp³-hybridized carbons (Fsp3) is 0.250. The molecule has 2 aromatic rings. The molecule has 0 aliphatic rings. The van der Waals surface area contributed by atoms with Crippen LogP contribution in [0.15, 0.2) is 23.7 Å². The smallest absolute Gasteiger partial charge is 0.355 e. The zero-order valence-corrected chi connectivity index (χ0v) is 10.9. The summed E-state index contributed by atoms with van der Waals surface area (Å²) in [6, 6.07) is 3.77. The van der Waals surface area contributed by atoms with Gasteiger partial charge in [-0.25, -0.2) is 9.78 Å². The first-order chi connectivity index (χ1) is 8.56. The highest BCUT2D eigenvalue weighted by molar-refractivity contribution is 7.09. The fourth-order valence-corrected chi connectivity index (χ4v) is 2.33. The first kappa shape index (κ1) is 12.5. The van der Waals surface area contributed by atoms with Gasteiger partial charge in [-0.2, -0.15) is 0 Å². The number of nitrogens with zero attached hydrogens (tertiary/aromatic N) is 2. The minimum atomic E-state index is -0.996. The predicted octanol–water partition coefficient (Wildman–Crippen LogP) is 2.72. The lowest BCUT2D eigenvalue weighted by atomic mass is 10.3. The molecule has 0 fully saturated rings. The summed E-state index contributed by atoms with van der Waals surface area (Å²) in [4.78, 5) is 18.9. The van der Waals surface area contributed by atoms with Gasteiger partial charge >= 0.3 is 5.97 Å². The van der Waals surface area contributed by atoms with Crippen LogP contribution in [0, 0.1) is 6.92 Å². The summed E-state index contributed by atoms with van der Waals surface area (Å²) in [6.07, 6.45) is 1.73. The zero-order chi connectivity index (χ0) is 13.1. The van der Waals surface area contributed by atoms with Crippen molar-refractivity contribution in [1.82, 2.24) is 9.97 Å². The molecule has 0 radical (unpaired) electrons. The van der Waals surface area contributed by atoms with E-state index in [-0.39, 0.29) is 11.7 Å². The van der Waals surface area contributed by atoms with Crippen LogP contribution in [0.1, 0.15) is 34.2 Å². The standard InChI is InChI=1S/C12H13N3O2S/c1-7-5-9(3-4-13-7)14-8(2)11-15-10(6-18-11)12(16)17/h3-6,8H,1-2H3,(H,13,14)(H,16,17). The van der Waals surface area contributed by atoms with Gasteiger partial charge in [0, 0.05) is 23.0 Å². The van der Waals surface area contributed by atoms with Crippen LogP contribution in [0.5, 0.6) is 0 Å². The summed E-state index contributed by atoms with van der Waals surface area (Å²) < 4.78 is 0. The lowest BCUT2D eigenvalue weighted by Crippen LogP contribution is -2.07. The number of carboxylic acids is 1. The molecule has 18 heavy (non-hydrogen) atoms. The maximum atomic E-state index is 10.8. The minimum Gasteiger partial charge on any atom is -0.476 e. The van der Waals surface area contributed by atoms with Crippen molar-refractivity contribution in [1.29, 1.82) is 0 Å². The van der Waals surface area contributed by atoms with Crippen molar-refractivity contribution < 1.29 is 9.90 Å². The number of carboxylic acid groups (broad SMARTS) is 1. The van der Waals surface area contributed by atoms with E-state index < -0.39 is 5.97 Å². The molecule has 0 bridgehead atoms. The summed E-state index contributed by atoms with van der Waals surface area (Å²) in [6.45, 7) is 3.86. The quantitative estimate of drug-likeness (QED) is 0.887. The first-order valence-corrected chi connectivity index (χ1v) is 6.32. The van der Waals surface area contributed by atoms with Crippen LogP contribution in [0.25, 0.3) is 0 Å². The summed E-state index contributed by atoms with van der Waals surface area (Å²) in [7, 11) is 0. The number of thiazole rings is 1. The summed E-state index contributed by atoms with van der Waals surface area (Å²) in [5.74, 6) is -0.996. The van der Waals surface area contributed by atoms with Crippen molar-refractivity contribution in [3.8, 4) is 0 Å². The van der Waals surface area contributed by atoms with Crippen molar-refractivity contribution in [2.75, 3.05) is 5.32 Å². The van der Waals surface area contributed by atoms with Crippen molar-refractivity contribution in [3.63, 3.8) is 0 Å². The second kappa shape index (κ2) is 5.14. The number of nitrogens with one attached hydrogen (secondary N) is 1. The van der Waals surface area contributed by atoms with E-state index in [0.29, 0.717) is 0 Å². The summed E-state index contributed by atoms with van der Waals surface area (Å²) in [5.41, 5.74) is 1.97. The number of anilines is 1. The van der Waals surface area contributed by atoms with Gasteiger partial charge in [-0.3, -0.25) is 4.98 Å². The number of carbonyl (C=O) groups is 1.